The molecule has 0 radical (unpaired) electrons. The normalized spacial score (nSPS) is 21.4. The van der Waals surface area contributed by atoms with Crippen LogP contribution in [0.5, 0.6) is 0 Å². The number of aliphatic carboxylic acids is 1. The highest BCUT2D eigenvalue weighted by Crippen LogP contribution is 2.35. The molecule has 0 aromatic carbocycles. The van der Waals surface area contributed by atoms with Crippen molar-refractivity contribution in [2.45, 2.75) is 31.2 Å². The van der Waals surface area contributed by atoms with Crippen LogP contribution < -0.4 is 5.14 Å². The molecule has 7 heteroatoms. The molecular formula is C7H14N2O4S. The fourth-order valence-corrected chi connectivity index (χ4v) is 2.61. The minimum Gasteiger partial charge on any atom is -0.480 e. The third-order valence-corrected chi connectivity index (χ3v) is 3.93. The Bertz CT molecular complexity index is 332. The number of nitrogens with two attached hydrogens (primary N) is 1. The van der Waals surface area contributed by atoms with Crippen molar-refractivity contribution in [1.82, 2.24) is 4.31 Å². The number of hydrogen-bond acceptors (Lipinski definition) is 3. The molecule has 0 spiro atoms. The first-order valence-corrected chi connectivity index (χ1v) is 5.81. The van der Waals surface area contributed by atoms with Crippen LogP contribution in [0.15, 0.2) is 0 Å². The monoisotopic (exact) mass is 222 g/mol. The maximum atomic E-state index is 11.1. The maximum absolute atomic E-state index is 11.1. The molecule has 82 valence electrons. The predicted molar refractivity (Wildman–Crippen MR) is 49.7 cm³/mol. The van der Waals surface area contributed by atoms with Crippen molar-refractivity contribution in [3.8, 4) is 0 Å². The van der Waals surface area contributed by atoms with Crippen LogP contribution in [0.4, 0.5) is 0 Å². The first-order valence-electron chi connectivity index (χ1n) is 4.31. The van der Waals surface area contributed by atoms with Crippen molar-refractivity contribution in [2.24, 2.45) is 5.14 Å². The Morgan fingerprint density at radius 3 is 2.14 bits per heavy atom. The average molecular weight is 222 g/mol. The van der Waals surface area contributed by atoms with Crippen LogP contribution in [0.2, 0.25) is 0 Å². The van der Waals surface area contributed by atoms with Crippen LogP contribution in [-0.2, 0) is 15.0 Å². The zero-order valence-corrected chi connectivity index (χ0v) is 8.75. The van der Waals surface area contributed by atoms with Gasteiger partial charge in [0.1, 0.15) is 5.54 Å². The van der Waals surface area contributed by atoms with Crippen molar-refractivity contribution in [2.75, 3.05) is 7.05 Å². The molecule has 6 nitrogen and oxygen atoms in total. The molecule has 0 amide bonds. The fourth-order valence-electron chi connectivity index (χ4n) is 1.87. The van der Waals surface area contributed by atoms with Gasteiger partial charge in [0.05, 0.1) is 0 Å². The van der Waals surface area contributed by atoms with Gasteiger partial charge in [-0.3, -0.25) is 4.79 Å². The van der Waals surface area contributed by atoms with Gasteiger partial charge in [0.2, 0.25) is 0 Å². The van der Waals surface area contributed by atoms with Crippen LogP contribution in [0.3, 0.4) is 0 Å². The van der Waals surface area contributed by atoms with Crippen LogP contribution >= 0.6 is 0 Å². The smallest absolute Gasteiger partial charge is 0.325 e. The second-order valence-corrected chi connectivity index (χ2v) is 5.13. The number of carboxylic acid groups (broad SMARTS) is 1. The fraction of sp³-hybridized carbons (Fsp3) is 0.857. The summed E-state index contributed by atoms with van der Waals surface area (Å²) < 4.78 is 22.9. The van der Waals surface area contributed by atoms with E-state index in [1.807, 2.05) is 0 Å². The van der Waals surface area contributed by atoms with E-state index in [-0.39, 0.29) is 0 Å². The van der Waals surface area contributed by atoms with Gasteiger partial charge >= 0.3 is 5.97 Å². The Labute approximate surface area is 82.9 Å². The van der Waals surface area contributed by atoms with Gasteiger partial charge in [0.25, 0.3) is 10.2 Å². The highest BCUT2D eigenvalue weighted by Gasteiger charge is 2.48. The molecular weight excluding hydrogens is 208 g/mol. The van der Waals surface area contributed by atoms with E-state index in [4.69, 9.17) is 10.2 Å². The van der Waals surface area contributed by atoms with Crippen molar-refractivity contribution in [3.05, 3.63) is 0 Å². The van der Waals surface area contributed by atoms with Gasteiger partial charge in [-0.1, -0.05) is 12.8 Å². The van der Waals surface area contributed by atoms with Crippen LogP contribution in [-0.4, -0.2) is 36.4 Å². The zero-order chi connectivity index (χ0) is 11.0. The van der Waals surface area contributed by atoms with Crippen LogP contribution in [0.25, 0.3) is 0 Å². The van der Waals surface area contributed by atoms with Crippen molar-refractivity contribution in [1.29, 1.82) is 0 Å². The standard InChI is InChI=1S/C7H14N2O4S/c1-9(14(8,12)13)7(6(10)11)4-2-3-5-7/h2-5H2,1H3,(H,10,11)(H2,8,12,13). The second kappa shape index (κ2) is 3.48. The van der Waals surface area contributed by atoms with E-state index in [1.165, 1.54) is 7.05 Å². The molecule has 0 saturated heterocycles. The molecule has 0 unspecified atom stereocenters. The Morgan fingerprint density at radius 1 is 1.43 bits per heavy atom. The number of carbonyl (C=O) groups is 1. The number of likely N-dealkylation sites (N-methyl/N-ethyl adjacent to an activating group) is 1. The maximum Gasteiger partial charge on any atom is 0.325 e. The number of nitrogens with zero attached hydrogens (tertiary/aromatic N) is 1. The first-order chi connectivity index (χ1) is 6.31. The number of hydrogen-bond donors (Lipinski definition) is 2. The van der Waals surface area contributed by atoms with Gasteiger partial charge in [0, 0.05) is 7.05 Å². The Balaban J connectivity index is 3.06. The third-order valence-electron chi connectivity index (χ3n) is 2.81. The molecule has 1 aliphatic carbocycles. The number of carboxylic acids is 1. The predicted octanol–water partition coefficient (Wildman–Crippen LogP) is -0.481. The van der Waals surface area contributed by atoms with Crippen molar-refractivity contribution < 1.29 is 18.3 Å². The highest BCUT2D eigenvalue weighted by atomic mass is 32.2. The molecule has 0 bridgehead atoms. The molecule has 0 aromatic rings. The molecule has 0 heterocycles. The molecule has 1 rings (SSSR count). The van der Waals surface area contributed by atoms with Gasteiger partial charge in [-0.2, -0.15) is 12.7 Å². The van der Waals surface area contributed by atoms with E-state index < -0.39 is 21.7 Å². The van der Waals surface area contributed by atoms with E-state index >= 15 is 0 Å². The molecule has 0 atom stereocenters. The lowest BCUT2D eigenvalue weighted by Gasteiger charge is -2.32. The Kier molecular flexibility index (Phi) is 2.84. The van der Waals surface area contributed by atoms with Crippen molar-refractivity contribution in [3.63, 3.8) is 0 Å². The summed E-state index contributed by atoms with van der Waals surface area (Å²) in [5.41, 5.74) is -1.33. The lowest BCUT2D eigenvalue weighted by Crippen LogP contribution is -2.55. The lowest BCUT2D eigenvalue weighted by atomic mass is 9.98. The van der Waals surface area contributed by atoms with Gasteiger partial charge in [-0.15, -0.1) is 0 Å². The number of rotatable bonds is 3. The third kappa shape index (κ3) is 1.75. The zero-order valence-electron chi connectivity index (χ0n) is 7.93. The minimum atomic E-state index is -3.94. The van der Waals surface area contributed by atoms with Gasteiger partial charge in [-0.05, 0) is 12.8 Å². The second-order valence-electron chi connectivity index (χ2n) is 3.56. The Morgan fingerprint density at radius 2 is 1.86 bits per heavy atom. The largest absolute Gasteiger partial charge is 0.480 e. The highest BCUT2D eigenvalue weighted by molar-refractivity contribution is 7.86. The van der Waals surface area contributed by atoms with E-state index in [0.717, 1.165) is 4.31 Å². The molecule has 3 N–H and O–H groups in total. The van der Waals surface area contributed by atoms with E-state index in [0.29, 0.717) is 25.7 Å². The lowest BCUT2D eigenvalue weighted by molar-refractivity contribution is -0.147. The average Bonchev–Trinajstić information content (AvgIpc) is 2.50. The summed E-state index contributed by atoms with van der Waals surface area (Å²) in [5, 5.41) is 14.0. The summed E-state index contributed by atoms with van der Waals surface area (Å²) in [6.45, 7) is 0. The summed E-state index contributed by atoms with van der Waals surface area (Å²) >= 11 is 0. The van der Waals surface area contributed by atoms with E-state index in [9.17, 15) is 13.2 Å². The molecule has 0 aromatic heterocycles. The molecule has 0 aliphatic heterocycles. The summed E-state index contributed by atoms with van der Waals surface area (Å²) in [7, 11) is -2.72. The summed E-state index contributed by atoms with van der Waals surface area (Å²) in [6.07, 6.45) is 2.09. The van der Waals surface area contributed by atoms with Gasteiger partial charge < -0.3 is 5.11 Å². The SMILES string of the molecule is CN(C1(C(=O)O)CCCC1)S(N)(=O)=O. The van der Waals surface area contributed by atoms with Crippen LogP contribution in [0.1, 0.15) is 25.7 Å². The first kappa shape index (κ1) is 11.4. The van der Waals surface area contributed by atoms with E-state index in [2.05, 4.69) is 0 Å². The van der Waals surface area contributed by atoms with Crippen molar-refractivity contribution >= 4 is 16.2 Å². The molecule has 1 aliphatic rings. The Hall–Kier alpha value is -0.660. The molecule has 14 heavy (non-hydrogen) atoms. The molecule has 1 fully saturated rings. The summed E-state index contributed by atoms with van der Waals surface area (Å²) in [6, 6.07) is 0. The summed E-state index contributed by atoms with van der Waals surface area (Å²) in [5.74, 6) is -1.12. The summed E-state index contributed by atoms with van der Waals surface area (Å²) in [4.78, 5) is 11.0. The quantitative estimate of drug-likeness (QED) is 0.673. The minimum absolute atomic E-state index is 0.329. The van der Waals surface area contributed by atoms with Gasteiger partial charge in [-0.25, -0.2) is 5.14 Å². The van der Waals surface area contributed by atoms with Crippen LogP contribution in [0, 0.1) is 0 Å². The molecule has 1 saturated carbocycles. The van der Waals surface area contributed by atoms with Gasteiger partial charge in [0.15, 0.2) is 0 Å². The topological polar surface area (TPSA) is 101 Å². The van der Waals surface area contributed by atoms with E-state index in [1.54, 1.807) is 0 Å².